The minimum Gasteiger partial charge on any atom is -0.748 e. The van der Waals surface area contributed by atoms with Crippen molar-refractivity contribution < 1.29 is 60.1 Å². The van der Waals surface area contributed by atoms with Gasteiger partial charge in [0.2, 0.25) is 5.52 Å². The summed E-state index contributed by atoms with van der Waals surface area (Å²) in [4.78, 5) is 3.04. The number of rotatable bonds is 9. The van der Waals surface area contributed by atoms with E-state index in [9.17, 15) is 25.9 Å². The molecule has 0 saturated carbocycles. The second-order valence-corrected chi connectivity index (χ2v) is 13.8. The third kappa shape index (κ3) is 6.80. The number of benzene rings is 3. The van der Waals surface area contributed by atoms with Gasteiger partial charge in [0.1, 0.15) is 4.70 Å². The molecule has 13 heteroatoms. The van der Waals surface area contributed by atoms with Gasteiger partial charge < -0.3 is 14.0 Å². The molecule has 0 bridgehead atoms. The Bertz CT molecular complexity index is 1740. The quantitative estimate of drug-likeness (QED) is 0.160. The molecule has 4 aromatic rings. The van der Waals surface area contributed by atoms with E-state index in [1.165, 1.54) is 0 Å². The molecule has 3 aromatic carbocycles. The van der Waals surface area contributed by atoms with Crippen molar-refractivity contribution in [3.63, 3.8) is 0 Å². The average Bonchev–Trinajstić information content (AvgIpc) is 3.36. The molecular formula is C25H23N2NaO6S4. The molecule has 0 aliphatic carbocycles. The molecule has 0 radical (unpaired) electrons. The van der Waals surface area contributed by atoms with Gasteiger partial charge in [-0.25, -0.2) is 16.8 Å². The number of thioether (sulfide) groups is 1. The Hall–Kier alpha value is -1.48. The van der Waals surface area contributed by atoms with E-state index in [0.29, 0.717) is 13.1 Å². The number of aryl methyl sites for hydroxylation is 1. The van der Waals surface area contributed by atoms with Crippen LogP contribution in [0.2, 0.25) is 0 Å². The smallest absolute Gasteiger partial charge is 0.748 e. The molecule has 1 aromatic heterocycles. The molecule has 1 aliphatic rings. The van der Waals surface area contributed by atoms with Gasteiger partial charge in [0, 0.05) is 29.4 Å². The fourth-order valence-electron chi connectivity index (χ4n) is 4.50. The van der Waals surface area contributed by atoms with Crippen molar-refractivity contribution >= 4 is 76.1 Å². The Kier molecular flexibility index (Phi) is 9.28. The maximum absolute atomic E-state index is 11.3. The third-order valence-corrected chi connectivity index (χ3v) is 9.84. The summed E-state index contributed by atoms with van der Waals surface area (Å²) < 4.78 is 70.5. The molecule has 0 fully saturated rings. The molecular weight excluding hydrogens is 576 g/mol. The summed E-state index contributed by atoms with van der Waals surface area (Å²) in [5.41, 5.74) is 1.92. The second-order valence-electron chi connectivity index (χ2n) is 8.66. The van der Waals surface area contributed by atoms with Gasteiger partial charge in [-0.2, -0.15) is 4.57 Å². The summed E-state index contributed by atoms with van der Waals surface area (Å²) in [5.74, 6) is -0.893. The van der Waals surface area contributed by atoms with Crippen LogP contribution < -0.4 is 39.0 Å². The van der Waals surface area contributed by atoms with E-state index in [-0.39, 0.29) is 42.4 Å². The SMILES string of the molecule is O=S(=O)([O-])CCCN1C(=Cc2sc3ccc4ccccc4c3[n+]2CCCS(=O)(=O)[O-])Sc2ccccc21.[Na+]. The zero-order chi connectivity index (χ0) is 26.2. The van der Waals surface area contributed by atoms with E-state index in [1.54, 1.807) is 23.1 Å². The number of para-hydroxylation sites is 1. The van der Waals surface area contributed by atoms with Crippen LogP contribution in [0.4, 0.5) is 5.69 Å². The van der Waals surface area contributed by atoms with Crippen LogP contribution >= 0.6 is 23.1 Å². The Morgan fingerprint density at radius 2 is 1.55 bits per heavy atom. The van der Waals surface area contributed by atoms with Crippen molar-refractivity contribution in [2.24, 2.45) is 0 Å². The molecule has 194 valence electrons. The Morgan fingerprint density at radius 3 is 2.32 bits per heavy atom. The van der Waals surface area contributed by atoms with Gasteiger partial charge in [-0.15, -0.1) is 0 Å². The second kappa shape index (κ2) is 11.9. The topological polar surface area (TPSA) is 122 Å². The number of thiazole rings is 1. The molecule has 0 amide bonds. The first-order valence-corrected chi connectivity index (χ1v) is 16.4. The first kappa shape index (κ1) is 29.5. The molecule has 2 heterocycles. The zero-order valence-corrected chi connectivity index (χ0v) is 25.8. The van der Waals surface area contributed by atoms with Gasteiger partial charge in [0.25, 0.3) is 5.01 Å². The predicted octanol–water partition coefficient (Wildman–Crippen LogP) is 1.13. The molecule has 0 unspecified atom stereocenters. The van der Waals surface area contributed by atoms with Gasteiger partial charge >= 0.3 is 29.6 Å². The predicted molar refractivity (Wildman–Crippen MR) is 146 cm³/mol. The number of fused-ring (bicyclic) bond motifs is 4. The minimum atomic E-state index is -4.34. The minimum absolute atomic E-state index is 0. The molecule has 0 N–H and O–H groups in total. The van der Waals surface area contributed by atoms with Crippen molar-refractivity contribution in [3.8, 4) is 0 Å². The maximum atomic E-state index is 11.3. The van der Waals surface area contributed by atoms with E-state index < -0.39 is 31.7 Å². The van der Waals surface area contributed by atoms with Crippen molar-refractivity contribution in [3.05, 3.63) is 70.7 Å². The van der Waals surface area contributed by atoms with E-state index in [0.717, 1.165) is 41.6 Å². The van der Waals surface area contributed by atoms with Gasteiger partial charge in [-0.1, -0.05) is 59.5 Å². The van der Waals surface area contributed by atoms with Crippen molar-refractivity contribution in [1.82, 2.24) is 0 Å². The number of hydrogen-bond donors (Lipinski definition) is 0. The van der Waals surface area contributed by atoms with Crippen molar-refractivity contribution in [1.29, 1.82) is 0 Å². The summed E-state index contributed by atoms with van der Waals surface area (Å²) in [6.07, 6.45) is 2.39. The largest absolute Gasteiger partial charge is 1.00 e. The summed E-state index contributed by atoms with van der Waals surface area (Å²) in [7, 11) is -8.65. The van der Waals surface area contributed by atoms with Gasteiger partial charge in [0.05, 0.1) is 42.4 Å². The van der Waals surface area contributed by atoms with Crippen LogP contribution in [0.1, 0.15) is 17.8 Å². The summed E-state index contributed by atoms with van der Waals surface area (Å²) in [6.45, 7) is 0.709. The van der Waals surface area contributed by atoms with E-state index in [1.807, 2.05) is 71.6 Å². The first-order valence-electron chi connectivity index (χ1n) is 11.6. The zero-order valence-electron chi connectivity index (χ0n) is 20.6. The molecule has 0 spiro atoms. The molecule has 8 nitrogen and oxygen atoms in total. The molecule has 38 heavy (non-hydrogen) atoms. The number of hydrogen-bond acceptors (Lipinski definition) is 9. The summed E-state index contributed by atoms with van der Waals surface area (Å²) >= 11 is 3.12. The van der Waals surface area contributed by atoms with Crippen LogP contribution in [0.3, 0.4) is 0 Å². The molecule has 0 atom stereocenters. The van der Waals surface area contributed by atoms with E-state index in [2.05, 4.69) is 4.57 Å². The fraction of sp³-hybridized carbons (Fsp3) is 0.240. The van der Waals surface area contributed by atoms with Gasteiger partial charge in [0.15, 0.2) is 6.54 Å². The van der Waals surface area contributed by atoms with Crippen LogP contribution in [0.5, 0.6) is 0 Å². The molecule has 5 rings (SSSR count). The molecule has 0 saturated heterocycles. The van der Waals surface area contributed by atoms with Gasteiger partial charge in [-0.05, 0) is 36.1 Å². The standard InChI is InChI=1S/C25H24N2O6S4.Na/c28-36(29,30)15-5-13-26-20-9-3-4-10-21(20)34-23(26)17-24-27(14-6-16-37(31,32)33)25-19-8-2-1-7-18(19)11-12-22(25)35-24;/h1-4,7-12,17H,5-6,13-16H2,(H-,28,29,30,31,32,33);/q;+1/p-1. The van der Waals surface area contributed by atoms with Crippen LogP contribution in [0, 0.1) is 0 Å². The number of nitrogens with zero attached hydrogens (tertiary/aromatic N) is 2. The van der Waals surface area contributed by atoms with E-state index in [4.69, 9.17) is 0 Å². The summed E-state index contributed by atoms with van der Waals surface area (Å²) in [6, 6.07) is 19.9. The van der Waals surface area contributed by atoms with E-state index >= 15 is 0 Å². The third-order valence-electron chi connectivity index (χ3n) is 6.05. The van der Waals surface area contributed by atoms with Crippen LogP contribution in [-0.4, -0.2) is 44.0 Å². The van der Waals surface area contributed by atoms with Gasteiger partial charge in [-0.3, -0.25) is 0 Å². The number of aromatic nitrogens is 1. The fourth-order valence-corrected chi connectivity index (χ4v) is 7.81. The Morgan fingerprint density at radius 1 is 0.868 bits per heavy atom. The maximum Gasteiger partial charge on any atom is 1.00 e. The van der Waals surface area contributed by atoms with Crippen molar-refractivity contribution in [2.75, 3.05) is 23.0 Å². The Labute approximate surface area is 252 Å². The van der Waals surface area contributed by atoms with Crippen molar-refractivity contribution in [2.45, 2.75) is 24.3 Å². The van der Waals surface area contributed by atoms with Crippen LogP contribution in [-0.2, 0) is 26.8 Å². The van der Waals surface area contributed by atoms with Crippen LogP contribution in [0.25, 0.3) is 27.1 Å². The normalized spacial score (nSPS) is 14.8. The Balaban J connectivity index is 0.00000336. The first-order chi connectivity index (χ1) is 17.6. The van der Waals surface area contributed by atoms with Crippen LogP contribution in [0.15, 0.2) is 70.6 Å². The molecule has 1 aliphatic heterocycles. The summed E-state index contributed by atoms with van der Waals surface area (Å²) in [5, 5.41) is 3.85. The average molecular weight is 599 g/mol. The number of anilines is 1. The monoisotopic (exact) mass is 598 g/mol.